The van der Waals surface area contributed by atoms with Crippen molar-refractivity contribution >= 4 is 27.5 Å². The highest BCUT2D eigenvalue weighted by atomic mass is 32.1. The van der Waals surface area contributed by atoms with Crippen molar-refractivity contribution < 1.29 is 4.79 Å². The summed E-state index contributed by atoms with van der Waals surface area (Å²) in [6.45, 7) is 0.753. The number of hydrogen-bond donors (Lipinski definition) is 0. The van der Waals surface area contributed by atoms with Crippen LogP contribution in [-0.4, -0.2) is 36.9 Å². The van der Waals surface area contributed by atoms with E-state index in [1.165, 1.54) is 4.70 Å². The number of para-hydroxylation sites is 1. The maximum atomic E-state index is 13.2. The van der Waals surface area contributed by atoms with Gasteiger partial charge in [0.2, 0.25) is 0 Å². The summed E-state index contributed by atoms with van der Waals surface area (Å²) in [7, 11) is 0. The number of hydrogen-bond acceptors (Lipinski definition) is 5. The predicted molar refractivity (Wildman–Crippen MR) is 109 cm³/mol. The van der Waals surface area contributed by atoms with E-state index in [9.17, 15) is 4.79 Å². The van der Waals surface area contributed by atoms with E-state index in [0.717, 1.165) is 42.1 Å². The number of likely N-dealkylation sites (tertiary alicyclic amines) is 1. The average Bonchev–Trinajstić information content (AvgIpc) is 3.43. The van der Waals surface area contributed by atoms with Crippen LogP contribution < -0.4 is 0 Å². The van der Waals surface area contributed by atoms with E-state index in [1.54, 1.807) is 30.1 Å². The van der Waals surface area contributed by atoms with Crippen LogP contribution in [0.4, 0.5) is 0 Å². The number of amides is 1. The number of rotatable bonds is 3. The fraction of sp³-hybridized carbons (Fsp3) is 0.238. The Labute approximate surface area is 166 Å². The number of piperidine rings is 1. The Morgan fingerprint density at radius 2 is 2.07 bits per heavy atom. The first-order chi connectivity index (χ1) is 13.8. The van der Waals surface area contributed by atoms with Gasteiger partial charge in [-0.15, -0.1) is 11.3 Å². The van der Waals surface area contributed by atoms with Gasteiger partial charge in [0.1, 0.15) is 17.2 Å². The van der Waals surface area contributed by atoms with Crippen LogP contribution in [0.2, 0.25) is 0 Å². The van der Waals surface area contributed by atoms with Crippen LogP contribution in [0.25, 0.3) is 16.0 Å². The van der Waals surface area contributed by atoms with Crippen LogP contribution in [0, 0.1) is 0 Å². The minimum atomic E-state index is 0.0219. The van der Waals surface area contributed by atoms with Gasteiger partial charge in [0, 0.05) is 25.1 Å². The number of carbonyl (C=O) groups is 1. The molecular weight excluding hydrogens is 370 g/mol. The van der Waals surface area contributed by atoms with Gasteiger partial charge in [-0.05, 0) is 43.5 Å². The fourth-order valence-electron chi connectivity index (χ4n) is 3.69. The van der Waals surface area contributed by atoms with E-state index in [0.29, 0.717) is 5.56 Å². The molecule has 7 heteroatoms. The van der Waals surface area contributed by atoms with Crippen LogP contribution in [0.15, 0.2) is 61.3 Å². The maximum Gasteiger partial charge on any atom is 0.256 e. The second kappa shape index (κ2) is 7.16. The first kappa shape index (κ1) is 17.1. The number of fused-ring (bicyclic) bond motifs is 1. The van der Waals surface area contributed by atoms with Gasteiger partial charge in [-0.1, -0.05) is 12.1 Å². The molecule has 1 aromatic carbocycles. The van der Waals surface area contributed by atoms with Gasteiger partial charge in [-0.3, -0.25) is 9.36 Å². The molecule has 0 bridgehead atoms. The fourth-order valence-corrected chi connectivity index (χ4v) is 4.81. The lowest BCUT2D eigenvalue weighted by Crippen LogP contribution is -2.38. The van der Waals surface area contributed by atoms with E-state index in [2.05, 4.69) is 16.0 Å². The van der Waals surface area contributed by atoms with Crippen LogP contribution in [0.1, 0.15) is 40.7 Å². The molecule has 0 radical (unpaired) electrons. The summed E-state index contributed by atoms with van der Waals surface area (Å²) in [5.41, 5.74) is 1.61. The molecule has 1 atom stereocenters. The molecule has 1 fully saturated rings. The zero-order valence-corrected chi connectivity index (χ0v) is 16.0. The molecule has 0 saturated carbocycles. The van der Waals surface area contributed by atoms with Crippen molar-refractivity contribution in [2.75, 3.05) is 6.54 Å². The predicted octanol–water partition coefficient (Wildman–Crippen LogP) is 4.24. The van der Waals surface area contributed by atoms with Gasteiger partial charge in [-0.25, -0.2) is 15.0 Å². The second-order valence-electron chi connectivity index (χ2n) is 6.90. The highest BCUT2D eigenvalue weighted by Crippen LogP contribution is 2.36. The Balaban J connectivity index is 1.43. The van der Waals surface area contributed by atoms with Crippen molar-refractivity contribution in [3.63, 3.8) is 0 Å². The monoisotopic (exact) mass is 389 g/mol. The largest absolute Gasteiger partial charge is 0.329 e. The summed E-state index contributed by atoms with van der Waals surface area (Å²) in [6, 6.07) is 11.9. The van der Waals surface area contributed by atoms with E-state index >= 15 is 0 Å². The molecule has 0 aliphatic carbocycles. The van der Waals surface area contributed by atoms with Crippen LogP contribution in [0.5, 0.6) is 0 Å². The zero-order chi connectivity index (χ0) is 18.9. The van der Waals surface area contributed by atoms with Gasteiger partial charge < -0.3 is 4.90 Å². The number of thiazole rings is 1. The third-order valence-electron chi connectivity index (χ3n) is 5.12. The lowest BCUT2D eigenvalue weighted by molar-refractivity contribution is 0.0611. The Kier molecular flexibility index (Phi) is 4.37. The number of aromatic nitrogens is 4. The van der Waals surface area contributed by atoms with Gasteiger partial charge >= 0.3 is 0 Å². The first-order valence-electron chi connectivity index (χ1n) is 9.40. The quantitative estimate of drug-likeness (QED) is 0.526. The molecule has 4 heterocycles. The van der Waals surface area contributed by atoms with E-state index in [4.69, 9.17) is 4.98 Å². The highest BCUT2D eigenvalue weighted by molar-refractivity contribution is 7.18. The molecule has 28 heavy (non-hydrogen) atoms. The molecular formula is C21H19N5OS. The number of benzene rings is 1. The summed E-state index contributed by atoms with van der Waals surface area (Å²) < 4.78 is 2.99. The SMILES string of the molecule is O=C(c1ccc(-n2ccnc2)nc1)N1CCCC[C@@H]1c1nc2ccccc2s1. The number of pyridine rings is 1. The van der Waals surface area contributed by atoms with Gasteiger partial charge in [0.25, 0.3) is 5.91 Å². The van der Waals surface area contributed by atoms with Crippen molar-refractivity contribution in [3.8, 4) is 5.82 Å². The number of imidazole rings is 1. The third-order valence-corrected chi connectivity index (χ3v) is 6.26. The van der Waals surface area contributed by atoms with Crippen molar-refractivity contribution in [1.82, 2.24) is 24.4 Å². The number of carbonyl (C=O) groups excluding carboxylic acids is 1. The second-order valence-corrected chi connectivity index (χ2v) is 7.97. The average molecular weight is 389 g/mol. The molecule has 1 amide bonds. The summed E-state index contributed by atoms with van der Waals surface area (Å²) in [5, 5.41) is 1.03. The minimum absolute atomic E-state index is 0.0219. The lowest BCUT2D eigenvalue weighted by atomic mass is 10.0. The topological polar surface area (TPSA) is 63.9 Å². The third kappa shape index (κ3) is 3.07. The molecule has 0 N–H and O–H groups in total. The zero-order valence-electron chi connectivity index (χ0n) is 15.2. The van der Waals surface area contributed by atoms with E-state index < -0.39 is 0 Å². The Bertz CT molecular complexity index is 1070. The molecule has 1 saturated heterocycles. The summed E-state index contributed by atoms with van der Waals surface area (Å²) in [4.78, 5) is 28.5. The van der Waals surface area contributed by atoms with Crippen LogP contribution >= 0.6 is 11.3 Å². The minimum Gasteiger partial charge on any atom is -0.329 e. The van der Waals surface area contributed by atoms with E-state index in [-0.39, 0.29) is 11.9 Å². The van der Waals surface area contributed by atoms with Gasteiger partial charge in [0.15, 0.2) is 0 Å². The summed E-state index contributed by atoms with van der Waals surface area (Å²) >= 11 is 1.69. The standard InChI is InChI=1S/C21H19N5OS/c27-21(15-8-9-19(23-13-15)25-12-10-22-14-25)26-11-4-3-6-17(26)20-24-16-5-1-2-7-18(16)28-20/h1-2,5,7-10,12-14,17H,3-4,6,11H2/t17-/m1/s1. The molecule has 1 aliphatic heterocycles. The molecule has 1 aliphatic rings. The first-order valence-corrected chi connectivity index (χ1v) is 10.2. The molecule has 5 rings (SSSR count). The normalized spacial score (nSPS) is 17.1. The highest BCUT2D eigenvalue weighted by Gasteiger charge is 2.31. The summed E-state index contributed by atoms with van der Waals surface area (Å²) in [5.74, 6) is 0.768. The Morgan fingerprint density at radius 3 is 2.86 bits per heavy atom. The molecule has 0 spiro atoms. The molecule has 0 unspecified atom stereocenters. The van der Waals surface area contributed by atoms with Crippen LogP contribution in [-0.2, 0) is 0 Å². The molecule has 3 aromatic heterocycles. The van der Waals surface area contributed by atoms with Crippen molar-refractivity contribution in [2.45, 2.75) is 25.3 Å². The van der Waals surface area contributed by atoms with Crippen molar-refractivity contribution in [1.29, 1.82) is 0 Å². The Hall–Kier alpha value is -3.06. The smallest absolute Gasteiger partial charge is 0.256 e. The van der Waals surface area contributed by atoms with Crippen molar-refractivity contribution in [3.05, 3.63) is 71.9 Å². The van der Waals surface area contributed by atoms with E-state index in [1.807, 2.05) is 46.0 Å². The molecule has 140 valence electrons. The molecule has 4 aromatic rings. The van der Waals surface area contributed by atoms with Gasteiger partial charge in [0.05, 0.1) is 21.8 Å². The summed E-state index contributed by atoms with van der Waals surface area (Å²) in [6.07, 6.45) is 9.97. The van der Waals surface area contributed by atoms with Crippen LogP contribution in [0.3, 0.4) is 0 Å². The lowest BCUT2D eigenvalue weighted by Gasteiger charge is -2.34. The molecule has 6 nitrogen and oxygen atoms in total. The van der Waals surface area contributed by atoms with Crippen molar-refractivity contribution in [2.24, 2.45) is 0 Å². The Morgan fingerprint density at radius 1 is 1.14 bits per heavy atom. The number of nitrogens with zero attached hydrogens (tertiary/aromatic N) is 5. The van der Waals surface area contributed by atoms with Gasteiger partial charge in [-0.2, -0.15) is 0 Å². The maximum absolute atomic E-state index is 13.2.